The number of hydrogen-bond donors (Lipinski definition) is 2. The van der Waals surface area contributed by atoms with E-state index in [1.807, 2.05) is 53.4 Å². The molecule has 2 aromatic carbocycles. The average molecular weight is 438 g/mol. The number of rotatable bonds is 6. The molecule has 0 saturated carbocycles. The van der Waals surface area contributed by atoms with Crippen LogP contribution < -0.4 is 10.1 Å². The molecule has 5 aromatic rings. The Morgan fingerprint density at radius 1 is 1.13 bits per heavy atom. The van der Waals surface area contributed by atoms with Gasteiger partial charge in [0.15, 0.2) is 5.82 Å². The fourth-order valence-electron chi connectivity index (χ4n) is 3.25. The van der Waals surface area contributed by atoms with Crippen molar-refractivity contribution in [1.82, 2.24) is 18.9 Å². The molecule has 0 saturated heterocycles. The molecule has 3 aromatic heterocycles. The van der Waals surface area contributed by atoms with Crippen LogP contribution in [0.25, 0.3) is 21.1 Å². The van der Waals surface area contributed by atoms with Gasteiger partial charge in [-0.2, -0.15) is 4.37 Å². The Kier molecular flexibility index (Phi) is 4.96. The fraction of sp³-hybridized carbons (Fsp3) is 0.0952. The smallest absolute Gasteiger partial charge is 0.158 e. The van der Waals surface area contributed by atoms with E-state index in [2.05, 4.69) is 19.7 Å². The number of nitrogens with one attached hydrogen (secondary N) is 1. The van der Waals surface area contributed by atoms with Crippen molar-refractivity contribution >= 4 is 55.8 Å². The van der Waals surface area contributed by atoms with Crippen molar-refractivity contribution in [3.8, 4) is 11.5 Å². The molecule has 0 radical (unpaired) electrons. The van der Waals surface area contributed by atoms with E-state index in [4.69, 9.17) is 16.3 Å². The van der Waals surface area contributed by atoms with Crippen molar-refractivity contribution in [3.05, 3.63) is 66.2 Å². The van der Waals surface area contributed by atoms with Gasteiger partial charge in [0.2, 0.25) is 0 Å². The Morgan fingerprint density at radius 3 is 2.93 bits per heavy atom. The first kappa shape index (κ1) is 18.8. The summed E-state index contributed by atoms with van der Waals surface area (Å²) in [6.45, 7) is 0.493. The quantitative estimate of drug-likeness (QED) is 0.378. The summed E-state index contributed by atoms with van der Waals surface area (Å²) in [6.07, 6.45) is 5.21. The molecule has 7 nitrogen and oxygen atoms in total. The molecule has 0 spiro atoms. The first-order valence-electron chi connectivity index (χ1n) is 9.21. The highest BCUT2D eigenvalue weighted by molar-refractivity contribution is 7.13. The summed E-state index contributed by atoms with van der Waals surface area (Å²) in [7, 11) is 0. The summed E-state index contributed by atoms with van der Waals surface area (Å²) in [5.74, 6) is 1.90. The van der Waals surface area contributed by atoms with Crippen molar-refractivity contribution in [2.45, 2.75) is 6.54 Å². The van der Waals surface area contributed by atoms with E-state index in [-0.39, 0.29) is 6.61 Å². The lowest BCUT2D eigenvalue weighted by atomic mass is 10.2. The van der Waals surface area contributed by atoms with E-state index in [0.717, 1.165) is 26.8 Å². The molecule has 3 heterocycles. The Labute approximate surface area is 180 Å². The Bertz CT molecular complexity index is 1350. The minimum atomic E-state index is 0.0311. The zero-order valence-electron chi connectivity index (χ0n) is 15.6. The third-order valence-electron chi connectivity index (χ3n) is 4.64. The summed E-state index contributed by atoms with van der Waals surface area (Å²) in [5, 5.41) is 14.1. The van der Waals surface area contributed by atoms with Crippen molar-refractivity contribution in [2.24, 2.45) is 0 Å². The number of benzene rings is 2. The maximum atomic E-state index is 9.30. The van der Waals surface area contributed by atoms with Gasteiger partial charge in [-0.05, 0) is 47.9 Å². The van der Waals surface area contributed by atoms with Crippen molar-refractivity contribution in [1.29, 1.82) is 0 Å². The number of aliphatic hydroxyl groups excluding tert-OH is 1. The lowest BCUT2D eigenvalue weighted by Gasteiger charge is -2.12. The van der Waals surface area contributed by atoms with E-state index in [1.165, 1.54) is 17.9 Å². The van der Waals surface area contributed by atoms with Crippen LogP contribution in [-0.2, 0) is 6.54 Å². The number of ether oxygens (including phenoxy) is 1. The monoisotopic (exact) mass is 437 g/mol. The molecule has 9 heteroatoms. The lowest BCUT2D eigenvalue weighted by molar-refractivity contribution is 0.278. The number of halogens is 1. The summed E-state index contributed by atoms with van der Waals surface area (Å²) in [6, 6.07) is 13.2. The molecule has 0 bridgehead atoms. The third-order valence-corrected chi connectivity index (χ3v) is 5.70. The molecule has 0 atom stereocenters. The minimum absolute atomic E-state index is 0.0311. The van der Waals surface area contributed by atoms with Gasteiger partial charge in [0.1, 0.15) is 23.3 Å². The van der Waals surface area contributed by atoms with Crippen LogP contribution >= 0.6 is 23.1 Å². The first-order valence-corrected chi connectivity index (χ1v) is 10.4. The Balaban J connectivity index is 1.41. The largest absolute Gasteiger partial charge is 0.456 e. The first-order chi connectivity index (χ1) is 14.7. The van der Waals surface area contributed by atoms with Gasteiger partial charge in [0.25, 0.3) is 0 Å². The maximum absolute atomic E-state index is 9.30. The van der Waals surface area contributed by atoms with Crippen LogP contribution in [0, 0.1) is 0 Å². The molecule has 0 amide bonds. The van der Waals surface area contributed by atoms with Crippen LogP contribution in [0.3, 0.4) is 0 Å². The molecule has 5 rings (SSSR count). The van der Waals surface area contributed by atoms with Crippen LogP contribution in [0.5, 0.6) is 11.5 Å². The van der Waals surface area contributed by atoms with E-state index in [1.54, 1.807) is 6.07 Å². The lowest BCUT2D eigenvalue weighted by Crippen LogP contribution is -2.04. The van der Waals surface area contributed by atoms with Gasteiger partial charge < -0.3 is 19.7 Å². The van der Waals surface area contributed by atoms with E-state index < -0.39 is 0 Å². The molecular formula is C21H16ClN5O2S. The minimum Gasteiger partial charge on any atom is -0.456 e. The predicted molar refractivity (Wildman–Crippen MR) is 119 cm³/mol. The van der Waals surface area contributed by atoms with E-state index in [0.29, 0.717) is 28.9 Å². The predicted octanol–water partition coefficient (Wildman–Crippen LogP) is 5.22. The zero-order chi connectivity index (χ0) is 20.5. The van der Waals surface area contributed by atoms with Gasteiger partial charge in [-0.25, -0.2) is 9.97 Å². The number of fused-ring (bicyclic) bond motifs is 2. The van der Waals surface area contributed by atoms with Crippen LogP contribution in [-0.4, -0.2) is 30.6 Å². The molecule has 30 heavy (non-hydrogen) atoms. The number of aliphatic hydroxyl groups is 1. The van der Waals surface area contributed by atoms with Gasteiger partial charge in [-0.15, -0.1) is 0 Å². The summed E-state index contributed by atoms with van der Waals surface area (Å²) >= 11 is 7.90. The van der Waals surface area contributed by atoms with Gasteiger partial charge in [-0.3, -0.25) is 0 Å². The van der Waals surface area contributed by atoms with Crippen LogP contribution in [0.2, 0.25) is 5.02 Å². The fourth-order valence-corrected chi connectivity index (χ4v) is 4.14. The van der Waals surface area contributed by atoms with Crippen LogP contribution in [0.15, 0.2) is 61.2 Å². The highest BCUT2D eigenvalue weighted by atomic mass is 35.5. The Hall–Kier alpha value is -3.20. The molecule has 0 unspecified atom stereocenters. The normalized spacial score (nSPS) is 11.3. The van der Waals surface area contributed by atoms with E-state index >= 15 is 0 Å². The van der Waals surface area contributed by atoms with Crippen molar-refractivity contribution in [3.63, 3.8) is 0 Å². The molecule has 0 aliphatic heterocycles. The van der Waals surface area contributed by atoms with E-state index in [9.17, 15) is 5.11 Å². The van der Waals surface area contributed by atoms with Gasteiger partial charge >= 0.3 is 0 Å². The third kappa shape index (κ3) is 3.56. The SMILES string of the molecule is OCCn1ccc2ncnc(Nc3ccc(Oc4ccc5cnsc5c4)c(Cl)c3)c21. The average Bonchev–Trinajstić information content (AvgIpc) is 3.38. The topological polar surface area (TPSA) is 85.1 Å². The van der Waals surface area contributed by atoms with Crippen molar-refractivity contribution in [2.75, 3.05) is 11.9 Å². The number of nitrogens with zero attached hydrogens (tertiary/aromatic N) is 4. The van der Waals surface area contributed by atoms with Gasteiger partial charge in [0.05, 0.1) is 21.8 Å². The molecule has 0 fully saturated rings. The number of hydrogen-bond acceptors (Lipinski definition) is 7. The second-order valence-corrected chi connectivity index (χ2v) is 7.83. The highest BCUT2D eigenvalue weighted by Gasteiger charge is 2.11. The molecule has 150 valence electrons. The molecule has 2 N–H and O–H groups in total. The second-order valence-electron chi connectivity index (χ2n) is 6.59. The standard InChI is InChI=1S/C21H16ClN5O2S/c22-16-9-14(26-21-20-17(23-12-24-21)5-6-27(20)7-8-28)2-4-18(16)29-15-3-1-13-11-25-30-19(13)10-15/h1-6,9-12,28H,7-8H2,(H,23,24,26). The summed E-state index contributed by atoms with van der Waals surface area (Å²) < 4.78 is 13.1. The maximum Gasteiger partial charge on any atom is 0.158 e. The van der Waals surface area contributed by atoms with Crippen molar-refractivity contribution < 1.29 is 9.84 Å². The Morgan fingerprint density at radius 2 is 2.07 bits per heavy atom. The van der Waals surface area contributed by atoms with Crippen LogP contribution in [0.1, 0.15) is 0 Å². The summed E-state index contributed by atoms with van der Waals surface area (Å²) in [5.41, 5.74) is 2.38. The highest BCUT2D eigenvalue weighted by Crippen LogP contribution is 2.34. The summed E-state index contributed by atoms with van der Waals surface area (Å²) in [4.78, 5) is 8.64. The number of aromatic nitrogens is 4. The number of anilines is 2. The second kappa shape index (κ2) is 7.91. The molecule has 0 aliphatic rings. The molecule has 0 aliphatic carbocycles. The van der Waals surface area contributed by atoms with Gasteiger partial charge in [-0.1, -0.05) is 11.6 Å². The van der Waals surface area contributed by atoms with Crippen LogP contribution in [0.4, 0.5) is 11.5 Å². The zero-order valence-corrected chi connectivity index (χ0v) is 17.2. The molecular weight excluding hydrogens is 422 g/mol. The van der Waals surface area contributed by atoms with Gasteiger partial charge in [0, 0.05) is 36.1 Å².